The minimum atomic E-state index is 0.182. The third kappa shape index (κ3) is 3.19. The van der Waals surface area contributed by atoms with Gasteiger partial charge in [0.05, 0.1) is 0 Å². The fourth-order valence-corrected chi connectivity index (χ4v) is 4.57. The zero-order valence-electron chi connectivity index (χ0n) is 14.4. The van der Waals surface area contributed by atoms with Crippen molar-refractivity contribution >= 4 is 16.7 Å². The molecule has 2 aliphatic rings. The number of piperidine rings is 1. The van der Waals surface area contributed by atoms with Gasteiger partial charge >= 0.3 is 0 Å². The maximum absolute atomic E-state index is 13.0. The molecule has 1 saturated heterocycles. The van der Waals surface area contributed by atoms with Gasteiger partial charge in [-0.2, -0.15) is 0 Å². The zero-order chi connectivity index (χ0) is 16.4. The Bertz CT molecular complexity index is 717. The molecule has 4 rings (SSSR count). The lowest BCUT2D eigenvalue weighted by atomic mass is 9.86. The van der Waals surface area contributed by atoms with E-state index in [9.17, 15) is 4.79 Å². The molecule has 2 aromatic rings. The van der Waals surface area contributed by atoms with E-state index in [2.05, 4.69) is 47.4 Å². The Balaban J connectivity index is 1.49. The first-order valence-corrected chi connectivity index (χ1v) is 9.59. The highest BCUT2D eigenvalue weighted by Crippen LogP contribution is 2.30. The second kappa shape index (κ2) is 6.96. The van der Waals surface area contributed by atoms with E-state index in [-0.39, 0.29) is 5.92 Å². The second-order valence-corrected chi connectivity index (χ2v) is 7.55. The van der Waals surface area contributed by atoms with E-state index in [4.69, 9.17) is 0 Å². The molecule has 1 heterocycles. The Morgan fingerprint density at radius 1 is 0.875 bits per heavy atom. The molecule has 1 amide bonds. The van der Waals surface area contributed by atoms with Crippen molar-refractivity contribution in [3.05, 3.63) is 48.0 Å². The van der Waals surface area contributed by atoms with Crippen LogP contribution in [0.15, 0.2) is 42.5 Å². The lowest BCUT2D eigenvalue weighted by Gasteiger charge is -2.40. The van der Waals surface area contributed by atoms with Crippen LogP contribution in [0.2, 0.25) is 0 Å². The van der Waals surface area contributed by atoms with E-state index < -0.39 is 0 Å². The average Bonchev–Trinajstić information content (AvgIpc) is 2.64. The monoisotopic (exact) mass is 321 g/mol. The van der Waals surface area contributed by atoms with Crippen LogP contribution in [0.4, 0.5) is 0 Å². The van der Waals surface area contributed by atoms with Gasteiger partial charge in [0.15, 0.2) is 0 Å². The highest BCUT2D eigenvalue weighted by molar-refractivity contribution is 5.84. The largest absolute Gasteiger partial charge is 0.339 e. The molecule has 0 aromatic heterocycles. The molecule has 2 nitrogen and oxygen atoms in total. The van der Waals surface area contributed by atoms with Gasteiger partial charge in [-0.15, -0.1) is 0 Å². The van der Waals surface area contributed by atoms with Gasteiger partial charge in [0.25, 0.3) is 0 Å². The number of hydrogen-bond acceptors (Lipinski definition) is 1. The molecular weight excluding hydrogens is 294 g/mol. The topological polar surface area (TPSA) is 20.3 Å². The van der Waals surface area contributed by atoms with Crippen molar-refractivity contribution in [1.29, 1.82) is 0 Å². The van der Waals surface area contributed by atoms with Crippen LogP contribution in [0.1, 0.15) is 50.5 Å². The van der Waals surface area contributed by atoms with Crippen LogP contribution < -0.4 is 0 Å². The quantitative estimate of drug-likeness (QED) is 0.783. The molecule has 2 fully saturated rings. The van der Waals surface area contributed by atoms with Gasteiger partial charge in [-0.1, -0.05) is 61.7 Å². The lowest BCUT2D eigenvalue weighted by molar-refractivity contribution is -0.141. The summed E-state index contributed by atoms with van der Waals surface area (Å²) in [7, 11) is 0. The Morgan fingerprint density at radius 3 is 2.50 bits per heavy atom. The molecule has 0 radical (unpaired) electrons. The molecule has 1 aliphatic carbocycles. The highest BCUT2D eigenvalue weighted by atomic mass is 16.2. The van der Waals surface area contributed by atoms with Crippen LogP contribution in [-0.2, 0) is 11.2 Å². The van der Waals surface area contributed by atoms with Crippen molar-refractivity contribution in [2.24, 2.45) is 5.92 Å². The first-order chi connectivity index (χ1) is 11.8. The number of carbonyl (C=O) groups excluding carboxylic acids is 1. The molecule has 1 aliphatic heterocycles. The Labute approximate surface area is 144 Å². The third-order valence-corrected chi connectivity index (χ3v) is 5.90. The van der Waals surface area contributed by atoms with Crippen LogP contribution >= 0.6 is 0 Å². The second-order valence-electron chi connectivity index (χ2n) is 7.55. The van der Waals surface area contributed by atoms with Crippen molar-refractivity contribution in [2.75, 3.05) is 6.54 Å². The summed E-state index contributed by atoms with van der Waals surface area (Å²) >= 11 is 0. The minimum Gasteiger partial charge on any atom is -0.339 e. The average molecular weight is 321 g/mol. The molecule has 2 heteroatoms. The van der Waals surface area contributed by atoms with Gasteiger partial charge in [0.2, 0.25) is 5.91 Å². The summed E-state index contributed by atoms with van der Waals surface area (Å²) in [6.45, 7) is 0.984. The Morgan fingerprint density at radius 2 is 1.67 bits per heavy atom. The predicted molar refractivity (Wildman–Crippen MR) is 99.0 cm³/mol. The predicted octanol–water partition coefficient (Wildman–Crippen LogP) is 4.95. The van der Waals surface area contributed by atoms with Crippen LogP contribution in [0.25, 0.3) is 10.8 Å². The summed E-state index contributed by atoms with van der Waals surface area (Å²) in [6.07, 6.45) is 9.48. The summed E-state index contributed by atoms with van der Waals surface area (Å²) in [5.74, 6) is 0.600. The van der Waals surface area contributed by atoms with Crippen molar-refractivity contribution in [1.82, 2.24) is 4.90 Å². The number of likely N-dealkylation sites (tertiary alicyclic amines) is 1. The van der Waals surface area contributed by atoms with Crippen molar-refractivity contribution in [2.45, 2.75) is 57.4 Å². The van der Waals surface area contributed by atoms with Gasteiger partial charge in [-0.3, -0.25) is 4.79 Å². The summed E-state index contributed by atoms with van der Waals surface area (Å²) in [4.78, 5) is 15.2. The number of fused-ring (bicyclic) bond motifs is 1. The normalized spacial score (nSPS) is 22.9. The van der Waals surface area contributed by atoms with E-state index in [0.29, 0.717) is 11.9 Å². The zero-order valence-corrected chi connectivity index (χ0v) is 14.4. The first kappa shape index (κ1) is 15.7. The SMILES string of the molecule is O=C1C(Cc2ccc3ccccc3c2)CCCN1C1CCCCC1. The van der Waals surface area contributed by atoms with Crippen LogP contribution in [0.3, 0.4) is 0 Å². The van der Waals surface area contributed by atoms with Crippen LogP contribution in [-0.4, -0.2) is 23.4 Å². The summed E-state index contributed by atoms with van der Waals surface area (Å²) in [5.41, 5.74) is 1.30. The number of hydrogen-bond donors (Lipinski definition) is 0. The van der Waals surface area contributed by atoms with Crippen LogP contribution in [0.5, 0.6) is 0 Å². The highest BCUT2D eigenvalue weighted by Gasteiger charge is 2.33. The number of nitrogens with zero attached hydrogens (tertiary/aromatic N) is 1. The molecule has 126 valence electrons. The number of carbonyl (C=O) groups is 1. The fraction of sp³-hybridized carbons (Fsp3) is 0.500. The van der Waals surface area contributed by atoms with Gasteiger partial charge in [0.1, 0.15) is 0 Å². The first-order valence-electron chi connectivity index (χ1n) is 9.59. The molecular formula is C22H27NO. The standard InChI is InChI=1S/C22H27NO/c24-22-20(9-6-14-23(22)21-10-2-1-3-11-21)16-17-12-13-18-7-4-5-8-19(18)15-17/h4-5,7-8,12-13,15,20-21H,1-3,6,9-11,14,16H2. The van der Waals surface area contributed by atoms with E-state index >= 15 is 0 Å². The summed E-state index contributed by atoms with van der Waals surface area (Å²) < 4.78 is 0. The fourth-order valence-electron chi connectivity index (χ4n) is 4.57. The Kier molecular flexibility index (Phi) is 4.55. The van der Waals surface area contributed by atoms with E-state index in [1.807, 2.05) is 0 Å². The smallest absolute Gasteiger partial charge is 0.226 e. The van der Waals surface area contributed by atoms with Crippen molar-refractivity contribution in [3.8, 4) is 0 Å². The van der Waals surface area contributed by atoms with E-state index in [1.165, 1.54) is 54.9 Å². The summed E-state index contributed by atoms with van der Waals surface area (Å²) in [6, 6.07) is 15.7. The maximum atomic E-state index is 13.0. The van der Waals surface area contributed by atoms with Gasteiger partial charge in [-0.25, -0.2) is 0 Å². The number of rotatable bonds is 3. The Hall–Kier alpha value is -1.83. The van der Waals surface area contributed by atoms with Crippen molar-refractivity contribution < 1.29 is 4.79 Å². The maximum Gasteiger partial charge on any atom is 0.226 e. The van der Waals surface area contributed by atoms with E-state index in [0.717, 1.165) is 19.4 Å². The number of benzene rings is 2. The van der Waals surface area contributed by atoms with Crippen LogP contribution in [0, 0.1) is 5.92 Å². The molecule has 0 spiro atoms. The minimum absolute atomic E-state index is 0.182. The van der Waals surface area contributed by atoms with Gasteiger partial charge in [0, 0.05) is 18.5 Å². The summed E-state index contributed by atoms with van der Waals surface area (Å²) in [5, 5.41) is 2.56. The molecule has 1 saturated carbocycles. The lowest BCUT2D eigenvalue weighted by Crippen LogP contribution is -2.48. The van der Waals surface area contributed by atoms with Gasteiger partial charge in [-0.05, 0) is 48.4 Å². The van der Waals surface area contributed by atoms with Crippen molar-refractivity contribution in [3.63, 3.8) is 0 Å². The van der Waals surface area contributed by atoms with E-state index in [1.54, 1.807) is 0 Å². The molecule has 1 unspecified atom stereocenters. The third-order valence-electron chi connectivity index (χ3n) is 5.90. The van der Waals surface area contributed by atoms with Gasteiger partial charge < -0.3 is 4.90 Å². The molecule has 2 aromatic carbocycles. The molecule has 0 N–H and O–H groups in total. The molecule has 0 bridgehead atoms. The number of amides is 1. The molecule has 1 atom stereocenters. The molecule has 24 heavy (non-hydrogen) atoms.